The smallest absolute Gasteiger partial charge is 0.271 e. The van der Waals surface area contributed by atoms with Crippen LogP contribution in [-0.2, 0) is 0 Å². The molecule has 1 amide bonds. The third-order valence-electron chi connectivity index (χ3n) is 4.87. The van der Waals surface area contributed by atoms with Crippen molar-refractivity contribution in [2.45, 2.75) is 38.6 Å². The maximum atomic E-state index is 12.8. The van der Waals surface area contributed by atoms with Crippen LogP contribution in [0.15, 0.2) is 46.9 Å². The minimum Gasteiger partial charge on any atom is -0.384 e. The van der Waals surface area contributed by atoms with E-state index in [-0.39, 0.29) is 18.7 Å². The van der Waals surface area contributed by atoms with Crippen molar-refractivity contribution < 1.29 is 4.79 Å². The van der Waals surface area contributed by atoms with E-state index >= 15 is 0 Å². The molecule has 0 aromatic heterocycles. The first-order valence-electron chi connectivity index (χ1n) is 8.79. The fourth-order valence-corrected chi connectivity index (χ4v) is 3.58. The normalized spacial score (nSPS) is 14.9. The lowest BCUT2D eigenvalue weighted by Crippen LogP contribution is -2.40. The molecular formula is C20H21BBrN3O. The Hall–Kier alpha value is -2.26. The Morgan fingerprint density at radius 2 is 2.08 bits per heavy atom. The lowest BCUT2D eigenvalue weighted by atomic mass is 9.34. The van der Waals surface area contributed by atoms with Crippen LogP contribution in [0.4, 0.5) is 5.69 Å². The van der Waals surface area contributed by atoms with Gasteiger partial charge in [-0.1, -0.05) is 34.1 Å². The van der Waals surface area contributed by atoms with Crippen LogP contribution < -0.4 is 10.6 Å². The van der Waals surface area contributed by atoms with Crippen LogP contribution >= 0.6 is 15.9 Å². The Bertz CT molecular complexity index is 858. The predicted octanol–water partition coefficient (Wildman–Crippen LogP) is 4.60. The van der Waals surface area contributed by atoms with Gasteiger partial charge in [0, 0.05) is 27.7 Å². The summed E-state index contributed by atoms with van der Waals surface area (Å²) in [5, 5.41) is 15.4. The van der Waals surface area contributed by atoms with Crippen molar-refractivity contribution >= 4 is 34.2 Å². The molecule has 4 nitrogen and oxygen atoms in total. The van der Waals surface area contributed by atoms with Gasteiger partial charge in [0.25, 0.3) is 12.6 Å². The van der Waals surface area contributed by atoms with Crippen molar-refractivity contribution in [3.63, 3.8) is 0 Å². The predicted molar refractivity (Wildman–Crippen MR) is 110 cm³/mol. The first-order valence-corrected chi connectivity index (χ1v) is 9.58. The molecule has 0 aliphatic carbocycles. The van der Waals surface area contributed by atoms with E-state index in [4.69, 9.17) is 5.26 Å². The molecule has 0 saturated carbocycles. The SMILES string of the molecule is Cc1ccc(NC2CB(C#N)C2)cc1C(=O)NC(C)c1cccc(Br)c1. The highest BCUT2D eigenvalue weighted by Gasteiger charge is 2.33. The molecule has 0 radical (unpaired) electrons. The largest absolute Gasteiger partial charge is 0.384 e. The highest BCUT2D eigenvalue weighted by Crippen LogP contribution is 2.26. The molecule has 1 saturated heterocycles. The minimum atomic E-state index is -0.0842. The van der Waals surface area contributed by atoms with Crippen LogP contribution in [-0.4, -0.2) is 18.7 Å². The fraction of sp³-hybridized carbons (Fsp3) is 0.300. The molecule has 1 unspecified atom stereocenters. The van der Waals surface area contributed by atoms with Gasteiger partial charge in [0.2, 0.25) is 0 Å². The molecule has 132 valence electrons. The van der Waals surface area contributed by atoms with Gasteiger partial charge in [-0.3, -0.25) is 4.79 Å². The number of nitrogens with one attached hydrogen (secondary N) is 2. The summed E-state index contributed by atoms with van der Waals surface area (Å²) < 4.78 is 0.995. The second-order valence-electron chi connectivity index (χ2n) is 6.92. The van der Waals surface area contributed by atoms with Gasteiger partial charge in [-0.25, -0.2) is 5.26 Å². The summed E-state index contributed by atoms with van der Waals surface area (Å²) in [5.74, 6) is 2.21. The van der Waals surface area contributed by atoms with E-state index in [2.05, 4.69) is 32.5 Å². The van der Waals surface area contributed by atoms with Crippen molar-refractivity contribution in [2.24, 2.45) is 0 Å². The average Bonchev–Trinajstić information content (AvgIpc) is 2.58. The van der Waals surface area contributed by atoms with Crippen molar-refractivity contribution in [2.75, 3.05) is 5.32 Å². The zero-order chi connectivity index (χ0) is 18.7. The standard InChI is InChI=1S/C20H21BBrN3O/c1-13-6-7-17(25-18-10-21(11-18)12-23)9-19(13)20(26)24-14(2)15-4-3-5-16(22)8-15/h3-9,14,18,25H,10-11H2,1-2H3,(H,24,26). The molecule has 2 N–H and O–H groups in total. The number of hydrogen-bond donors (Lipinski definition) is 2. The zero-order valence-electron chi connectivity index (χ0n) is 14.9. The molecule has 1 aliphatic rings. The lowest BCUT2D eigenvalue weighted by molar-refractivity contribution is 0.0939. The summed E-state index contributed by atoms with van der Waals surface area (Å²) in [5.41, 5.74) is 3.60. The fourth-order valence-electron chi connectivity index (χ4n) is 3.17. The number of hydrogen-bond acceptors (Lipinski definition) is 3. The van der Waals surface area contributed by atoms with Crippen molar-refractivity contribution in [1.29, 1.82) is 5.26 Å². The summed E-state index contributed by atoms with van der Waals surface area (Å²) in [6.07, 6.45) is 1.73. The summed E-state index contributed by atoms with van der Waals surface area (Å²) in [6, 6.07) is 14.0. The highest BCUT2D eigenvalue weighted by molar-refractivity contribution is 9.10. The number of anilines is 1. The molecule has 0 spiro atoms. The molecule has 1 fully saturated rings. The third-order valence-corrected chi connectivity index (χ3v) is 5.36. The number of nitriles is 1. The highest BCUT2D eigenvalue weighted by atomic mass is 79.9. The summed E-state index contributed by atoms with van der Waals surface area (Å²) in [7, 11) is 0. The molecule has 0 bridgehead atoms. The van der Waals surface area contributed by atoms with E-state index in [0.717, 1.165) is 33.9 Å². The van der Waals surface area contributed by atoms with E-state index in [0.29, 0.717) is 11.6 Å². The summed E-state index contributed by atoms with van der Waals surface area (Å²) in [6.45, 7) is 4.08. The van der Waals surface area contributed by atoms with Gasteiger partial charge in [0.15, 0.2) is 0 Å². The first kappa shape index (κ1) is 18.5. The lowest BCUT2D eigenvalue weighted by Gasteiger charge is -2.30. The Balaban J connectivity index is 1.68. The van der Waals surface area contributed by atoms with Crippen LogP contribution in [0, 0.1) is 18.2 Å². The molecule has 2 aromatic carbocycles. The van der Waals surface area contributed by atoms with Crippen molar-refractivity contribution in [1.82, 2.24) is 5.32 Å². The summed E-state index contributed by atoms with van der Waals surface area (Å²) >= 11 is 3.47. The zero-order valence-corrected chi connectivity index (χ0v) is 16.5. The van der Waals surface area contributed by atoms with Crippen LogP contribution in [0.25, 0.3) is 0 Å². The van der Waals surface area contributed by atoms with Crippen LogP contribution in [0.3, 0.4) is 0 Å². The number of rotatable bonds is 5. The van der Waals surface area contributed by atoms with Crippen molar-refractivity contribution in [3.8, 4) is 5.97 Å². The maximum Gasteiger partial charge on any atom is 0.271 e. The molecule has 1 heterocycles. The average molecular weight is 410 g/mol. The van der Waals surface area contributed by atoms with E-state index in [1.807, 2.05) is 56.3 Å². The second-order valence-corrected chi connectivity index (χ2v) is 7.83. The van der Waals surface area contributed by atoms with Gasteiger partial charge < -0.3 is 10.6 Å². The Labute approximate surface area is 163 Å². The van der Waals surface area contributed by atoms with Crippen molar-refractivity contribution in [3.05, 3.63) is 63.6 Å². The molecule has 1 aliphatic heterocycles. The van der Waals surface area contributed by atoms with E-state index in [1.54, 1.807) is 0 Å². The van der Waals surface area contributed by atoms with Gasteiger partial charge in [-0.05, 0) is 61.9 Å². The molecule has 3 rings (SSSR count). The number of benzene rings is 2. The van der Waals surface area contributed by atoms with E-state index < -0.39 is 0 Å². The summed E-state index contributed by atoms with van der Waals surface area (Å²) in [4.78, 5) is 12.8. The van der Waals surface area contributed by atoms with Gasteiger partial charge in [0.05, 0.1) is 6.04 Å². The number of carbonyl (C=O) groups is 1. The Kier molecular flexibility index (Phi) is 5.68. The molecule has 1 atom stereocenters. The topological polar surface area (TPSA) is 64.9 Å². The minimum absolute atomic E-state index is 0.0814. The van der Waals surface area contributed by atoms with E-state index in [1.165, 1.54) is 0 Å². The monoisotopic (exact) mass is 409 g/mol. The molecule has 26 heavy (non-hydrogen) atoms. The number of carbonyl (C=O) groups excluding carboxylic acids is 1. The van der Waals surface area contributed by atoms with Crippen LogP contribution in [0.1, 0.15) is 34.5 Å². The van der Waals surface area contributed by atoms with Gasteiger partial charge in [0.1, 0.15) is 0 Å². The first-order chi connectivity index (χ1) is 12.5. The van der Waals surface area contributed by atoms with Gasteiger partial charge in [-0.15, -0.1) is 0 Å². The molecule has 6 heteroatoms. The number of halogens is 1. The van der Waals surface area contributed by atoms with Gasteiger partial charge in [-0.2, -0.15) is 0 Å². The Morgan fingerprint density at radius 3 is 2.77 bits per heavy atom. The van der Waals surface area contributed by atoms with Crippen LogP contribution in [0.5, 0.6) is 0 Å². The Morgan fingerprint density at radius 1 is 1.31 bits per heavy atom. The molecular weight excluding hydrogens is 389 g/mol. The number of aryl methyl sites for hydroxylation is 1. The van der Waals surface area contributed by atoms with Crippen LogP contribution in [0.2, 0.25) is 12.6 Å². The number of amides is 1. The maximum absolute atomic E-state index is 12.8. The second kappa shape index (κ2) is 7.97. The van der Waals surface area contributed by atoms with Gasteiger partial charge >= 0.3 is 0 Å². The third kappa shape index (κ3) is 4.28. The molecule has 2 aromatic rings. The number of nitrogens with zero attached hydrogens (tertiary/aromatic N) is 1. The van der Waals surface area contributed by atoms with E-state index in [9.17, 15) is 4.79 Å². The quantitative estimate of drug-likeness (QED) is 0.709.